The summed E-state index contributed by atoms with van der Waals surface area (Å²) < 4.78 is 41.6. The van der Waals surface area contributed by atoms with E-state index >= 15 is 0 Å². The molecule has 1 rings (SSSR count). The second-order valence-electron chi connectivity index (χ2n) is 2.52. The standard InChI is InChI=1S/C7H7F3N2O2S/c1-12-5(6(13)14-2)4(3-11-12)15-7(8,9)10/h3H,1-2H3. The first-order valence-corrected chi connectivity index (χ1v) is 4.53. The molecule has 0 aliphatic rings. The monoisotopic (exact) mass is 240 g/mol. The number of ether oxygens (including phenoxy) is 1. The van der Waals surface area contributed by atoms with Gasteiger partial charge in [0.25, 0.3) is 0 Å². The first-order chi connectivity index (χ1) is 6.85. The van der Waals surface area contributed by atoms with Crippen LogP contribution in [0.5, 0.6) is 0 Å². The molecule has 15 heavy (non-hydrogen) atoms. The minimum atomic E-state index is -4.45. The fourth-order valence-electron chi connectivity index (χ4n) is 0.946. The molecule has 0 saturated heterocycles. The molecule has 0 aliphatic heterocycles. The van der Waals surface area contributed by atoms with Crippen molar-refractivity contribution in [2.75, 3.05) is 7.11 Å². The third kappa shape index (κ3) is 2.88. The quantitative estimate of drug-likeness (QED) is 0.584. The van der Waals surface area contributed by atoms with Crippen molar-refractivity contribution in [2.24, 2.45) is 7.05 Å². The van der Waals surface area contributed by atoms with E-state index in [-0.39, 0.29) is 10.6 Å². The van der Waals surface area contributed by atoms with Gasteiger partial charge in [0.05, 0.1) is 18.2 Å². The van der Waals surface area contributed by atoms with Crippen LogP contribution in [0.25, 0.3) is 0 Å². The summed E-state index contributed by atoms with van der Waals surface area (Å²) in [7, 11) is 2.46. The van der Waals surface area contributed by atoms with Gasteiger partial charge >= 0.3 is 11.5 Å². The molecule has 0 unspecified atom stereocenters. The van der Waals surface area contributed by atoms with Crippen LogP contribution in [0.1, 0.15) is 10.5 Å². The Labute approximate surface area is 87.4 Å². The molecule has 0 amide bonds. The predicted molar refractivity (Wildman–Crippen MR) is 46.5 cm³/mol. The summed E-state index contributed by atoms with van der Waals surface area (Å²) in [6.07, 6.45) is 0.977. The minimum Gasteiger partial charge on any atom is -0.464 e. The van der Waals surface area contributed by atoms with Crippen LogP contribution in [-0.2, 0) is 11.8 Å². The van der Waals surface area contributed by atoms with E-state index in [4.69, 9.17) is 0 Å². The Bertz CT molecular complexity index is 375. The average Bonchev–Trinajstić information content (AvgIpc) is 2.43. The number of thioether (sulfide) groups is 1. The maximum atomic E-state index is 12.1. The molecule has 1 heterocycles. The van der Waals surface area contributed by atoms with Crippen LogP contribution in [0.3, 0.4) is 0 Å². The van der Waals surface area contributed by atoms with Crippen molar-refractivity contribution in [1.29, 1.82) is 0 Å². The summed E-state index contributed by atoms with van der Waals surface area (Å²) >= 11 is -0.392. The molecule has 0 saturated carbocycles. The van der Waals surface area contributed by atoms with Crippen molar-refractivity contribution in [2.45, 2.75) is 10.4 Å². The SMILES string of the molecule is COC(=O)c1c(SC(F)(F)F)cnn1C. The zero-order valence-corrected chi connectivity index (χ0v) is 8.65. The summed E-state index contributed by atoms with van der Waals surface area (Å²) in [4.78, 5) is 10.9. The number of aromatic nitrogens is 2. The van der Waals surface area contributed by atoms with Gasteiger partial charge in [0.15, 0.2) is 5.69 Å². The molecule has 0 aliphatic carbocycles. The maximum absolute atomic E-state index is 12.1. The number of carbonyl (C=O) groups excluding carboxylic acids is 1. The molecule has 0 bridgehead atoms. The van der Waals surface area contributed by atoms with E-state index in [1.165, 1.54) is 7.05 Å². The molecule has 0 fully saturated rings. The van der Waals surface area contributed by atoms with Gasteiger partial charge < -0.3 is 4.74 Å². The van der Waals surface area contributed by atoms with Crippen LogP contribution in [0, 0.1) is 0 Å². The molecular weight excluding hydrogens is 233 g/mol. The highest BCUT2D eigenvalue weighted by Crippen LogP contribution is 2.38. The highest BCUT2D eigenvalue weighted by atomic mass is 32.2. The Hall–Kier alpha value is -1.18. The molecule has 1 aromatic rings. The smallest absolute Gasteiger partial charge is 0.446 e. The van der Waals surface area contributed by atoms with Crippen LogP contribution < -0.4 is 0 Å². The molecule has 0 N–H and O–H groups in total. The van der Waals surface area contributed by atoms with Gasteiger partial charge in [-0.1, -0.05) is 0 Å². The number of halogens is 3. The van der Waals surface area contributed by atoms with E-state index in [9.17, 15) is 18.0 Å². The largest absolute Gasteiger partial charge is 0.464 e. The molecule has 0 radical (unpaired) electrons. The predicted octanol–water partition coefficient (Wildman–Crippen LogP) is 1.82. The number of alkyl halides is 3. The summed E-state index contributed by atoms with van der Waals surface area (Å²) in [6, 6.07) is 0. The summed E-state index contributed by atoms with van der Waals surface area (Å²) in [6.45, 7) is 0. The molecule has 1 aromatic heterocycles. The third-order valence-electron chi connectivity index (χ3n) is 1.51. The average molecular weight is 240 g/mol. The van der Waals surface area contributed by atoms with Crippen molar-refractivity contribution in [1.82, 2.24) is 9.78 Å². The lowest BCUT2D eigenvalue weighted by molar-refractivity contribution is -0.0328. The summed E-state index contributed by atoms with van der Waals surface area (Å²) in [5.74, 6) is -0.846. The topological polar surface area (TPSA) is 44.1 Å². The normalized spacial score (nSPS) is 11.5. The fraction of sp³-hybridized carbons (Fsp3) is 0.429. The van der Waals surface area contributed by atoms with E-state index in [0.717, 1.165) is 18.0 Å². The molecule has 8 heteroatoms. The number of hydrogen-bond donors (Lipinski definition) is 0. The summed E-state index contributed by atoms with van der Waals surface area (Å²) in [5.41, 5.74) is -4.66. The van der Waals surface area contributed by atoms with Gasteiger partial charge in [-0.15, -0.1) is 0 Å². The first-order valence-electron chi connectivity index (χ1n) is 3.71. The third-order valence-corrected chi connectivity index (χ3v) is 2.26. The number of methoxy groups -OCH3 is 1. The van der Waals surface area contributed by atoms with Crippen LogP contribution in [0.2, 0.25) is 0 Å². The highest BCUT2D eigenvalue weighted by molar-refractivity contribution is 8.00. The van der Waals surface area contributed by atoms with Crippen LogP contribution in [-0.4, -0.2) is 28.4 Å². The Morgan fingerprint density at radius 3 is 2.67 bits per heavy atom. The van der Waals surface area contributed by atoms with Crippen LogP contribution >= 0.6 is 11.8 Å². The Kier molecular flexibility index (Phi) is 3.28. The second-order valence-corrected chi connectivity index (χ2v) is 3.63. The minimum absolute atomic E-state index is 0.208. The van der Waals surface area contributed by atoms with E-state index < -0.39 is 23.2 Å². The highest BCUT2D eigenvalue weighted by Gasteiger charge is 2.33. The lowest BCUT2D eigenvalue weighted by Gasteiger charge is -2.05. The first kappa shape index (κ1) is 11.9. The van der Waals surface area contributed by atoms with E-state index in [2.05, 4.69) is 9.84 Å². The van der Waals surface area contributed by atoms with E-state index in [1.54, 1.807) is 0 Å². The van der Waals surface area contributed by atoms with Crippen molar-refractivity contribution in [3.63, 3.8) is 0 Å². The zero-order valence-electron chi connectivity index (χ0n) is 7.83. The molecule has 0 aromatic carbocycles. The van der Waals surface area contributed by atoms with Crippen molar-refractivity contribution in [3.05, 3.63) is 11.9 Å². The van der Waals surface area contributed by atoms with Gasteiger partial charge in [0.2, 0.25) is 0 Å². The number of hydrogen-bond acceptors (Lipinski definition) is 4. The van der Waals surface area contributed by atoms with Crippen LogP contribution in [0.4, 0.5) is 13.2 Å². The Morgan fingerprint density at radius 2 is 2.20 bits per heavy atom. The number of nitrogens with zero attached hydrogens (tertiary/aromatic N) is 2. The molecule has 0 atom stereocenters. The maximum Gasteiger partial charge on any atom is 0.446 e. The van der Waals surface area contributed by atoms with E-state index in [1.807, 2.05) is 0 Å². The van der Waals surface area contributed by atoms with Crippen molar-refractivity contribution in [3.8, 4) is 0 Å². The zero-order chi connectivity index (χ0) is 11.6. The van der Waals surface area contributed by atoms with Gasteiger partial charge in [-0.05, 0) is 11.8 Å². The number of carbonyl (C=O) groups is 1. The molecular formula is C7H7F3N2O2S. The van der Waals surface area contributed by atoms with Gasteiger partial charge in [0.1, 0.15) is 0 Å². The Balaban J connectivity index is 3.04. The van der Waals surface area contributed by atoms with Crippen molar-refractivity contribution < 1.29 is 22.7 Å². The Morgan fingerprint density at radius 1 is 1.60 bits per heavy atom. The number of rotatable bonds is 2. The van der Waals surface area contributed by atoms with Gasteiger partial charge in [-0.2, -0.15) is 18.3 Å². The fourth-order valence-corrected chi connectivity index (χ4v) is 1.61. The van der Waals surface area contributed by atoms with Crippen molar-refractivity contribution >= 4 is 17.7 Å². The lowest BCUT2D eigenvalue weighted by atomic mass is 10.4. The van der Waals surface area contributed by atoms with Gasteiger partial charge in [0, 0.05) is 7.05 Å². The van der Waals surface area contributed by atoms with E-state index in [0.29, 0.717) is 0 Å². The van der Waals surface area contributed by atoms with Crippen LogP contribution in [0.15, 0.2) is 11.1 Å². The number of aryl methyl sites for hydroxylation is 1. The molecule has 0 spiro atoms. The van der Waals surface area contributed by atoms with Gasteiger partial charge in [-0.3, -0.25) is 4.68 Å². The molecule has 84 valence electrons. The lowest BCUT2D eigenvalue weighted by Crippen LogP contribution is -2.10. The number of esters is 1. The van der Waals surface area contributed by atoms with Gasteiger partial charge in [-0.25, -0.2) is 4.79 Å². The molecule has 4 nitrogen and oxygen atoms in total. The second kappa shape index (κ2) is 4.13. The summed E-state index contributed by atoms with van der Waals surface area (Å²) in [5, 5.41) is 3.56.